The van der Waals surface area contributed by atoms with Crippen molar-refractivity contribution in [1.82, 2.24) is 5.32 Å². The van der Waals surface area contributed by atoms with Gasteiger partial charge in [-0.15, -0.1) is 11.3 Å². The molecule has 134 valence electrons. The van der Waals surface area contributed by atoms with Gasteiger partial charge in [-0.25, -0.2) is 0 Å². The van der Waals surface area contributed by atoms with Gasteiger partial charge in [0.05, 0.1) is 13.2 Å². The SMILES string of the molecule is COc1ccccc1CCC(=O)NC(c1ccc(C)cc1)c1cccs1. The standard InChI is InChI=1S/C22H23NO2S/c1-16-9-11-18(12-10-16)22(20-8-5-15-26-20)23-21(24)14-13-17-6-3-4-7-19(17)25-2/h3-12,15,22H,13-14H2,1-2H3,(H,23,24). The number of thiophene rings is 1. The Morgan fingerprint density at radius 2 is 1.85 bits per heavy atom. The van der Waals surface area contributed by atoms with E-state index in [0.717, 1.165) is 21.8 Å². The second-order valence-corrected chi connectivity index (χ2v) is 7.22. The molecule has 0 fully saturated rings. The second kappa shape index (κ2) is 8.68. The maximum atomic E-state index is 12.6. The highest BCUT2D eigenvalue weighted by molar-refractivity contribution is 7.10. The van der Waals surface area contributed by atoms with Gasteiger partial charge in [0.25, 0.3) is 0 Å². The Balaban J connectivity index is 1.70. The number of nitrogens with one attached hydrogen (secondary N) is 1. The summed E-state index contributed by atoms with van der Waals surface area (Å²) >= 11 is 1.66. The number of aryl methyl sites for hydroxylation is 2. The number of methoxy groups -OCH3 is 1. The van der Waals surface area contributed by atoms with Crippen molar-refractivity contribution in [2.24, 2.45) is 0 Å². The topological polar surface area (TPSA) is 38.3 Å². The average Bonchev–Trinajstić information content (AvgIpc) is 3.20. The van der Waals surface area contributed by atoms with E-state index >= 15 is 0 Å². The van der Waals surface area contributed by atoms with E-state index < -0.39 is 0 Å². The van der Waals surface area contributed by atoms with Crippen LogP contribution in [0.4, 0.5) is 0 Å². The van der Waals surface area contributed by atoms with Crippen LogP contribution < -0.4 is 10.1 Å². The summed E-state index contributed by atoms with van der Waals surface area (Å²) in [5, 5.41) is 5.23. The minimum Gasteiger partial charge on any atom is -0.496 e. The molecule has 26 heavy (non-hydrogen) atoms. The number of rotatable bonds is 7. The van der Waals surface area contributed by atoms with Crippen LogP contribution in [-0.2, 0) is 11.2 Å². The number of para-hydroxylation sites is 1. The summed E-state index contributed by atoms with van der Waals surface area (Å²) in [6.07, 6.45) is 1.08. The molecule has 3 aromatic rings. The minimum absolute atomic E-state index is 0.0369. The lowest BCUT2D eigenvalue weighted by Crippen LogP contribution is -2.29. The van der Waals surface area contributed by atoms with Crippen molar-refractivity contribution >= 4 is 17.2 Å². The third-order valence-electron chi connectivity index (χ3n) is 4.36. The lowest BCUT2D eigenvalue weighted by atomic mass is 10.0. The Bertz CT molecular complexity index is 841. The lowest BCUT2D eigenvalue weighted by molar-refractivity contribution is -0.121. The van der Waals surface area contributed by atoms with Crippen LogP contribution in [0.1, 0.15) is 34.0 Å². The predicted molar refractivity (Wildman–Crippen MR) is 107 cm³/mol. The fourth-order valence-electron chi connectivity index (χ4n) is 2.92. The molecule has 4 heteroatoms. The minimum atomic E-state index is -0.110. The van der Waals surface area contributed by atoms with Gasteiger partial charge in [-0.05, 0) is 42.0 Å². The molecular formula is C22H23NO2S. The van der Waals surface area contributed by atoms with Crippen LogP contribution in [0.3, 0.4) is 0 Å². The highest BCUT2D eigenvalue weighted by atomic mass is 32.1. The Morgan fingerprint density at radius 3 is 2.54 bits per heavy atom. The molecule has 1 aromatic heterocycles. The number of carbonyl (C=O) groups is 1. The fraction of sp³-hybridized carbons (Fsp3) is 0.227. The first-order valence-corrected chi connectivity index (χ1v) is 9.56. The monoisotopic (exact) mass is 365 g/mol. The van der Waals surface area contributed by atoms with Crippen molar-refractivity contribution in [3.8, 4) is 5.75 Å². The molecule has 0 saturated heterocycles. The van der Waals surface area contributed by atoms with Crippen LogP contribution in [0.25, 0.3) is 0 Å². The molecule has 1 amide bonds. The summed E-state index contributed by atoms with van der Waals surface area (Å²) in [5.74, 6) is 0.864. The maximum Gasteiger partial charge on any atom is 0.221 e. The molecule has 3 nitrogen and oxygen atoms in total. The molecule has 1 N–H and O–H groups in total. The first kappa shape index (κ1) is 18.2. The molecule has 1 heterocycles. The Morgan fingerprint density at radius 1 is 1.08 bits per heavy atom. The van der Waals surface area contributed by atoms with Crippen molar-refractivity contribution in [3.63, 3.8) is 0 Å². The summed E-state index contributed by atoms with van der Waals surface area (Å²) < 4.78 is 5.37. The van der Waals surface area contributed by atoms with Crippen molar-refractivity contribution < 1.29 is 9.53 Å². The smallest absolute Gasteiger partial charge is 0.221 e. The molecule has 1 atom stereocenters. The van der Waals surface area contributed by atoms with Gasteiger partial charge in [-0.2, -0.15) is 0 Å². The molecule has 0 aliphatic heterocycles. The number of ether oxygens (including phenoxy) is 1. The maximum absolute atomic E-state index is 12.6. The highest BCUT2D eigenvalue weighted by Crippen LogP contribution is 2.27. The van der Waals surface area contributed by atoms with E-state index in [-0.39, 0.29) is 11.9 Å². The van der Waals surface area contributed by atoms with E-state index in [1.807, 2.05) is 35.7 Å². The quantitative estimate of drug-likeness (QED) is 0.646. The van der Waals surface area contributed by atoms with Crippen LogP contribution in [-0.4, -0.2) is 13.0 Å². The highest BCUT2D eigenvalue weighted by Gasteiger charge is 2.18. The summed E-state index contributed by atoms with van der Waals surface area (Å²) in [6.45, 7) is 2.07. The van der Waals surface area contributed by atoms with Crippen LogP contribution >= 0.6 is 11.3 Å². The number of carbonyl (C=O) groups excluding carboxylic acids is 1. The van der Waals surface area contributed by atoms with Crippen molar-refractivity contribution in [3.05, 3.63) is 87.6 Å². The van der Waals surface area contributed by atoms with Gasteiger partial charge in [-0.1, -0.05) is 54.1 Å². The van der Waals surface area contributed by atoms with Gasteiger partial charge in [-0.3, -0.25) is 4.79 Å². The second-order valence-electron chi connectivity index (χ2n) is 6.24. The molecule has 0 bridgehead atoms. The molecule has 0 aliphatic rings. The summed E-state index contributed by atoms with van der Waals surface area (Å²) in [6, 6.07) is 20.1. The third-order valence-corrected chi connectivity index (χ3v) is 5.29. The zero-order chi connectivity index (χ0) is 18.4. The summed E-state index contributed by atoms with van der Waals surface area (Å²) in [7, 11) is 1.66. The number of amides is 1. The summed E-state index contributed by atoms with van der Waals surface area (Å²) in [5.41, 5.74) is 3.36. The number of hydrogen-bond acceptors (Lipinski definition) is 3. The predicted octanol–water partition coefficient (Wildman–Crippen LogP) is 4.90. The zero-order valence-electron chi connectivity index (χ0n) is 15.1. The number of hydrogen-bond donors (Lipinski definition) is 1. The van der Waals surface area contributed by atoms with Gasteiger partial charge in [0, 0.05) is 11.3 Å². The molecule has 0 saturated carbocycles. The van der Waals surface area contributed by atoms with Gasteiger partial charge < -0.3 is 10.1 Å². The van der Waals surface area contributed by atoms with Gasteiger partial charge in [0.1, 0.15) is 5.75 Å². The van der Waals surface area contributed by atoms with E-state index in [4.69, 9.17) is 4.74 Å². The van der Waals surface area contributed by atoms with Gasteiger partial charge in [0.2, 0.25) is 5.91 Å². The molecule has 0 spiro atoms. The largest absolute Gasteiger partial charge is 0.496 e. The van der Waals surface area contributed by atoms with Crippen molar-refractivity contribution in [1.29, 1.82) is 0 Å². The van der Waals surface area contributed by atoms with E-state index in [1.165, 1.54) is 5.56 Å². The van der Waals surface area contributed by atoms with Crippen molar-refractivity contribution in [2.75, 3.05) is 7.11 Å². The van der Waals surface area contributed by atoms with Crippen LogP contribution in [0.15, 0.2) is 66.0 Å². The number of benzene rings is 2. The summed E-state index contributed by atoms with van der Waals surface area (Å²) in [4.78, 5) is 13.8. The molecule has 2 aromatic carbocycles. The Kier molecular flexibility index (Phi) is 6.08. The van der Waals surface area contributed by atoms with Gasteiger partial charge >= 0.3 is 0 Å². The lowest BCUT2D eigenvalue weighted by Gasteiger charge is -2.18. The third kappa shape index (κ3) is 4.52. The fourth-order valence-corrected chi connectivity index (χ4v) is 3.73. The van der Waals surface area contributed by atoms with E-state index in [9.17, 15) is 4.79 Å². The average molecular weight is 365 g/mol. The van der Waals surface area contributed by atoms with Crippen molar-refractivity contribution in [2.45, 2.75) is 25.8 Å². The Hall–Kier alpha value is -2.59. The molecule has 0 aliphatic carbocycles. The van der Waals surface area contributed by atoms with E-state index in [2.05, 4.69) is 42.6 Å². The first-order chi connectivity index (χ1) is 12.7. The molecule has 3 rings (SSSR count). The zero-order valence-corrected chi connectivity index (χ0v) is 15.9. The van der Waals surface area contributed by atoms with Gasteiger partial charge in [0.15, 0.2) is 0 Å². The molecule has 0 radical (unpaired) electrons. The van der Waals surface area contributed by atoms with E-state index in [1.54, 1.807) is 18.4 Å². The van der Waals surface area contributed by atoms with Crippen LogP contribution in [0.5, 0.6) is 5.75 Å². The van der Waals surface area contributed by atoms with E-state index in [0.29, 0.717) is 12.8 Å². The molecule has 1 unspecified atom stereocenters. The van der Waals surface area contributed by atoms with Crippen LogP contribution in [0, 0.1) is 6.92 Å². The normalized spacial score (nSPS) is 11.8. The molecular weight excluding hydrogens is 342 g/mol. The Labute approximate surface area is 158 Å². The van der Waals surface area contributed by atoms with Crippen LogP contribution in [0.2, 0.25) is 0 Å². The first-order valence-electron chi connectivity index (χ1n) is 8.68.